The smallest absolute Gasteiger partial charge is 0.250 e. The average Bonchev–Trinajstić information content (AvgIpc) is 3.10. The Balaban J connectivity index is 1.81. The summed E-state index contributed by atoms with van der Waals surface area (Å²) in [5.74, 6) is -0.0862. The van der Waals surface area contributed by atoms with Crippen LogP contribution in [-0.4, -0.2) is 10.5 Å². The summed E-state index contributed by atoms with van der Waals surface area (Å²) in [5, 5.41) is 1.65. The van der Waals surface area contributed by atoms with Gasteiger partial charge < -0.3 is 14.7 Å². The van der Waals surface area contributed by atoms with E-state index in [4.69, 9.17) is 10.2 Å². The van der Waals surface area contributed by atoms with E-state index in [2.05, 4.69) is 0 Å². The van der Waals surface area contributed by atoms with Gasteiger partial charge in [-0.1, -0.05) is 12.1 Å². The number of para-hydroxylation sites is 1. The lowest BCUT2D eigenvalue weighted by Crippen LogP contribution is -2.13. The molecule has 4 rings (SSSR count). The van der Waals surface area contributed by atoms with Crippen molar-refractivity contribution in [2.24, 2.45) is 5.73 Å². The van der Waals surface area contributed by atoms with Crippen LogP contribution in [0.25, 0.3) is 21.9 Å². The van der Waals surface area contributed by atoms with Crippen LogP contribution in [0.3, 0.4) is 0 Å². The Morgan fingerprint density at radius 3 is 2.83 bits per heavy atom. The summed E-state index contributed by atoms with van der Waals surface area (Å²) < 4.78 is 20.9. The number of hydrogen-bond acceptors (Lipinski definition) is 2. The third-order valence-electron chi connectivity index (χ3n) is 3.91. The number of halogens is 1. The normalized spacial score (nSPS) is 11.3. The number of aromatic nitrogens is 1. The quantitative estimate of drug-likeness (QED) is 0.627. The Hall–Kier alpha value is -3.08. The van der Waals surface area contributed by atoms with Crippen molar-refractivity contribution in [3.8, 4) is 0 Å². The number of nitrogens with two attached hydrogens (primary N) is 1. The molecule has 23 heavy (non-hydrogen) atoms. The molecule has 0 saturated heterocycles. The first-order chi connectivity index (χ1) is 11.1. The first-order valence-corrected chi connectivity index (χ1v) is 7.17. The summed E-state index contributed by atoms with van der Waals surface area (Å²) in [5.41, 5.74) is 7.33. The Bertz CT molecular complexity index is 1050. The molecule has 2 aromatic carbocycles. The molecule has 5 heteroatoms. The van der Waals surface area contributed by atoms with E-state index in [9.17, 15) is 9.18 Å². The lowest BCUT2D eigenvalue weighted by atomic mass is 10.1. The highest BCUT2D eigenvalue weighted by Gasteiger charge is 2.12. The van der Waals surface area contributed by atoms with Crippen molar-refractivity contribution in [3.63, 3.8) is 0 Å². The Labute approximate surface area is 130 Å². The van der Waals surface area contributed by atoms with Crippen molar-refractivity contribution < 1.29 is 13.6 Å². The zero-order chi connectivity index (χ0) is 16.0. The first kappa shape index (κ1) is 13.6. The van der Waals surface area contributed by atoms with Crippen molar-refractivity contribution in [2.45, 2.75) is 6.54 Å². The average molecular weight is 308 g/mol. The molecule has 2 heterocycles. The van der Waals surface area contributed by atoms with Gasteiger partial charge >= 0.3 is 0 Å². The molecule has 0 aliphatic rings. The van der Waals surface area contributed by atoms with Gasteiger partial charge in [-0.2, -0.15) is 0 Å². The van der Waals surface area contributed by atoms with E-state index in [0.29, 0.717) is 28.8 Å². The van der Waals surface area contributed by atoms with E-state index >= 15 is 0 Å². The molecule has 0 atom stereocenters. The fourth-order valence-corrected chi connectivity index (χ4v) is 2.91. The molecule has 0 aliphatic carbocycles. The van der Waals surface area contributed by atoms with Crippen LogP contribution in [0.5, 0.6) is 0 Å². The predicted molar refractivity (Wildman–Crippen MR) is 85.7 cm³/mol. The molecule has 0 spiro atoms. The summed E-state index contributed by atoms with van der Waals surface area (Å²) in [6.07, 6.45) is 1.88. The maximum Gasteiger partial charge on any atom is 0.250 e. The van der Waals surface area contributed by atoms with Gasteiger partial charge in [-0.15, -0.1) is 0 Å². The number of benzene rings is 2. The molecule has 0 unspecified atom stereocenters. The number of nitrogens with zero attached hydrogens (tertiary/aromatic N) is 1. The number of amides is 1. The van der Waals surface area contributed by atoms with Gasteiger partial charge in [0.1, 0.15) is 17.2 Å². The number of furan rings is 1. The maximum atomic E-state index is 13.3. The fourth-order valence-electron chi connectivity index (χ4n) is 2.91. The molecule has 4 nitrogen and oxygen atoms in total. The third-order valence-corrected chi connectivity index (χ3v) is 3.91. The monoisotopic (exact) mass is 308 g/mol. The number of fused-ring (bicyclic) bond motifs is 2. The van der Waals surface area contributed by atoms with Crippen molar-refractivity contribution >= 4 is 27.8 Å². The molecule has 4 aromatic rings. The molecule has 2 N–H and O–H groups in total. The van der Waals surface area contributed by atoms with Crippen LogP contribution in [0.4, 0.5) is 4.39 Å². The highest BCUT2D eigenvalue weighted by atomic mass is 19.1. The lowest BCUT2D eigenvalue weighted by molar-refractivity contribution is 0.100. The van der Waals surface area contributed by atoms with Crippen molar-refractivity contribution in [1.29, 1.82) is 0 Å². The third kappa shape index (κ3) is 2.26. The minimum Gasteiger partial charge on any atom is -0.459 e. The molecule has 0 radical (unpaired) electrons. The van der Waals surface area contributed by atoms with Crippen molar-refractivity contribution in [2.75, 3.05) is 0 Å². The van der Waals surface area contributed by atoms with Gasteiger partial charge in [0.2, 0.25) is 0 Å². The van der Waals surface area contributed by atoms with Gasteiger partial charge in [0.15, 0.2) is 0 Å². The van der Waals surface area contributed by atoms with Gasteiger partial charge in [0.05, 0.1) is 17.6 Å². The van der Waals surface area contributed by atoms with E-state index in [1.165, 1.54) is 12.1 Å². The van der Waals surface area contributed by atoms with E-state index in [-0.39, 0.29) is 5.82 Å². The zero-order valence-corrected chi connectivity index (χ0v) is 12.1. The fraction of sp³-hybridized carbons (Fsp3) is 0.0556. The molecule has 0 aliphatic heterocycles. The van der Waals surface area contributed by atoms with Gasteiger partial charge in [0, 0.05) is 17.0 Å². The predicted octanol–water partition coefficient (Wildman–Crippen LogP) is 3.67. The summed E-state index contributed by atoms with van der Waals surface area (Å²) in [6, 6.07) is 13.6. The van der Waals surface area contributed by atoms with E-state index in [1.807, 2.05) is 22.9 Å². The second kappa shape index (κ2) is 4.98. The van der Waals surface area contributed by atoms with Crippen LogP contribution >= 0.6 is 0 Å². The van der Waals surface area contributed by atoms with Crippen molar-refractivity contribution in [3.05, 3.63) is 71.9 Å². The van der Waals surface area contributed by atoms with Crippen LogP contribution in [0.15, 0.2) is 59.1 Å². The standard InChI is InChI=1S/C18H13FN2O2/c19-13-4-5-16-12(8-13)9-14(23-16)10-21-7-6-11-2-1-3-15(17(11)21)18(20)22/h1-9H,10H2,(H2,20,22). The molecule has 1 amide bonds. The van der Waals surface area contributed by atoms with Crippen molar-refractivity contribution in [1.82, 2.24) is 4.57 Å². The number of carbonyl (C=O) groups excluding carboxylic acids is 1. The molecule has 0 saturated carbocycles. The van der Waals surface area contributed by atoms with Gasteiger partial charge in [-0.05, 0) is 36.4 Å². The second-order valence-corrected chi connectivity index (χ2v) is 5.45. The second-order valence-electron chi connectivity index (χ2n) is 5.45. The molecule has 114 valence electrons. The van der Waals surface area contributed by atoms with Gasteiger partial charge in [-0.3, -0.25) is 4.79 Å². The summed E-state index contributed by atoms with van der Waals surface area (Å²) in [7, 11) is 0. The molecular formula is C18H13FN2O2. The molecular weight excluding hydrogens is 295 g/mol. The lowest BCUT2D eigenvalue weighted by Gasteiger charge is -2.06. The molecule has 0 fully saturated rings. The van der Waals surface area contributed by atoms with E-state index in [1.54, 1.807) is 24.3 Å². The maximum absolute atomic E-state index is 13.3. The number of primary amides is 1. The van der Waals surface area contributed by atoms with Gasteiger partial charge in [-0.25, -0.2) is 4.39 Å². The van der Waals surface area contributed by atoms with Crippen LogP contribution in [0, 0.1) is 5.82 Å². The van der Waals surface area contributed by atoms with E-state index < -0.39 is 5.91 Å². The van der Waals surface area contributed by atoms with Gasteiger partial charge in [0.25, 0.3) is 5.91 Å². The van der Waals surface area contributed by atoms with Crippen LogP contribution in [0.2, 0.25) is 0 Å². The Kier molecular flexibility index (Phi) is 2.94. The minimum atomic E-state index is -0.470. The Morgan fingerprint density at radius 1 is 1.13 bits per heavy atom. The summed E-state index contributed by atoms with van der Waals surface area (Å²) in [6.45, 7) is 0.435. The highest BCUT2D eigenvalue weighted by molar-refractivity contribution is 6.05. The molecule has 0 bridgehead atoms. The highest BCUT2D eigenvalue weighted by Crippen LogP contribution is 2.24. The van der Waals surface area contributed by atoms with Crippen LogP contribution in [0.1, 0.15) is 16.1 Å². The number of hydrogen-bond donors (Lipinski definition) is 1. The van der Waals surface area contributed by atoms with Crippen LogP contribution in [-0.2, 0) is 6.54 Å². The SMILES string of the molecule is NC(=O)c1cccc2ccn(Cc3cc4cc(F)ccc4o3)c12. The van der Waals surface area contributed by atoms with E-state index in [0.717, 1.165) is 10.9 Å². The summed E-state index contributed by atoms with van der Waals surface area (Å²) >= 11 is 0. The number of rotatable bonds is 3. The van der Waals surface area contributed by atoms with Crippen LogP contribution < -0.4 is 5.73 Å². The largest absolute Gasteiger partial charge is 0.459 e. The topological polar surface area (TPSA) is 61.2 Å². The first-order valence-electron chi connectivity index (χ1n) is 7.17. The summed E-state index contributed by atoms with van der Waals surface area (Å²) in [4.78, 5) is 11.6. The minimum absolute atomic E-state index is 0.299. The molecule has 2 aromatic heterocycles. The number of carbonyl (C=O) groups is 1. The zero-order valence-electron chi connectivity index (χ0n) is 12.1. The Morgan fingerprint density at radius 2 is 2.00 bits per heavy atom.